The van der Waals surface area contributed by atoms with Crippen LogP contribution in [-0.2, 0) is 0 Å². The molecule has 1 rings (SSSR count). The standard InChI is InChI=1S/C11H16BrClN2/c1-3-11(2,7-14)15-8-4-5-10(13)9(12)6-8/h4-6,15H,3,7,14H2,1-2H3. The van der Waals surface area contributed by atoms with Crippen LogP contribution in [0.25, 0.3) is 0 Å². The fourth-order valence-corrected chi connectivity index (χ4v) is 1.70. The van der Waals surface area contributed by atoms with Gasteiger partial charge in [-0.15, -0.1) is 0 Å². The largest absolute Gasteiger partial charge is 0.379 e. The summed E-state index contributed by atoms with van der Waals surface area (Å²) in [5.41, 5.74) is 6.70. The van der Waals surface area contributed by atoms with Crippen molar-refractivity contribution in [3.05, 3.63) is 27.7 Å². The number of anilines is 1. The van der Waals surface area contributed by atoms with Crippen LogP contribution in [0, 0.1) is 0 Å². The minimum absolute atomic E-state index is 0.0622. The molecule has 15 heavy (non-hydrogen) atoms. The molecule has 0 saturated heterocycles. The van der Waals surface area contributed by atoms with Gasteiger partial charge in [0, 0.05) is 22.2 Å². The monoisotopic (exact) mass is 290 g/mol. The van der Waals surface area contributed by atoms with Crippen LogP contribution in [0.15, 0.2) is 22.7 Å². The molecule has 0 amide bonds. The minimum atomic E-state index is -0.0622. The third-order valence-electron chi connectivity index (χ3n) is 2.60. The smallest absolute Gasteiger partial charge is 0.0549 e. The van der Waals surface area contributed by atoms with Crippen molar-refractivity contribution >= 4 is 33.2 Å². The maximum absolute atomic E-state index is 5.92. The average Bonchev–Trinajstić information content (AvgIpc) is 2.23. The lowest BCUT2D eigenvalue weighted by Gasteiger charge is -2.29. The van der Waals surface area contributed by atoms with Crippen LogP contribution < -0.4 is 11.1 Å². The van der Waals surface area contributed by atoms with E-state index in [0.717, 1.165) is 16.6 Å². The fourth-order valence-electron chi connectivity index (χ4n) is 1.21. The molecule has 0 radical (unpaired) electrons. The van der Waals surface area contributed by atoms with Gasteiger partial charge in [-0.25, -0.2) is 0 Å². The van der Waals surface area contributed by atoms with Crippen LogP contribution in [0.4, 0.5) is 5.69 Å². The van der Waals surface area contributed by atoms with Crippen molar-refractivity contribution in [3.63, 3.8) is 0 Å². The second-order valence-corrected chi connectivity index (χ2v) is 5.13. The van der Waals surface area contributed by atoms with Crippen LogP contribution in [0.1, 0.15) is 20.3 Å². The zero-order chi connectivity index (χ0) is 11.5. The van der Waals surface area contributed by atoms with Crippen molar-refractivity contribution in [1.29, 1.82) is 0 Å². The first kappa shape index (κ1) is 12.8. The number of nitrogens with one attached hydrogen (secondary N) is 1. The van der Waals surface area contributed by atoms with Crippen molar-refractivity contribution in [1.82, 2.24) is 0 Å². The lowest BCUT2D eigenvalue weighted by molar-refractivity contribution is 0.506. The molecule has 0 heterocycles. The van der Waals surface area contributed by atoms with E-state index in [4.69, 9.17) is 17.3 Å². The quantitative estimate of drug-likeness (QED) is 0.889. The molecule has 1 unspecified atom stereocenters. The van der Waals surface area contributed by atoms with E-state index in [1.54, 1.807) is 0 Å². The van der Waals surface area contributed by atoms with Crippen LogP contribution in [0.3, 0.4) is 0 Å². The lowest BCUT2D eigenvalue weighted by Crippen LogP contribution is -2.41. The molecule has 0 bridgehead atoms. The summed E-state index contributed by atoms with van der Waals surface area (Å²) < 4.78 is 0.893. The molecule has 3 N–H and O–H groups in total. The number of nitrogens with two attached hydrogens (primary N) is 1. The number of hydrogen-bond donors (Lipinski definition) is 2. The summed E-state index contributed by atoms with van der Waals surface area (Å²) >= 11 is 9.31. The Hall–Kier alpha value is -0.250. The van der Waals surface area contributed by atoms with E-state index >= 15 is 0 Å². The molecule has 1 atom stereocenters. The predicted octanol–water partition coefficient (Wildman–Crippen LogP) is 3.64. The highest BCUT2D eigenvalue weighted by Crippen LogP contribution is 2.27. The van der Waals surface area contributed by atoms with E-state index in [-0.39, 0.29) is 5.54 Å². The van der Waals surface area contributed by atoms with Crippen LogP contribution in [-0.4, -0.2) is 12.1 Å². The van der Waals surface area contributed by atoms with E-state index < -0.39 is 0 Å². The normalized spacial score (nSPS) is 14.7. The number of hydrogen-bond acceptors (Lipinski definition) is 2. The number of halogens is 2. The number of benzene rings is 1. The van der Waals surface area contributed by atoms with Gasteiger partial charge in [-0.05, 0) is 47.5 Å². The number of rotatable bonds is 4. The third kappa shape index (κ3) is 3.37. The molecule has 1 aromatic carbocycles. The van der Waals surface area contributed by atoms with E-state index in [0.29, 0.717) is 11.6 Å². The SMILES string of the molecule is CCC(C)(CN)Nc1ccc(Cl)c(Br)c1. The van der Waals surface area contributed by atoms with Gasteiger partial charge in [-0.3, -0.25) is 0 Å². The highest BCUT2D eigenvalue weighted by molar-refractivity contribution is 9.10. The van der Waals surface area contributed by atoms with Gasteiger partial charge in [0.25, 0.3) is 0 Å². The van der Waals surface area contributed by atoms with Gasteiger partial charge in [0.05, 0.1) is 5.02 Å². The molecular weight excluding hydrogens is 275 g/mol. The molecule has 0 aliphatic rings. The Kier molecular flexibility index (Phi) is 4.44. The Morgan fingerprint density at radius 1 is 1.53 bits per heavy atom. The zero-order valence-electron chi connectivity index (χ0n) is 8.98. The summed E-state index contributed by atoms with van der Waals surface area (Å²) in [4.78, 5) is 0. The third-order valence-corrected chi connectivity index (χ3v) is 3.81. The summed E-state index contributed by atoms with van der Waals surface area (Å²) in [6.45, 7) is 4.82. The lowest BCUT2D eigenvalue weighted by atomic mass is 9.99. The molecule has 1 aromatic rings. The predicted molar refractivity (Wildman–Crippen MR) is 70.5 cm³/mol. The molecule has 0 spiro atoms. The molecule has 0 saturated carbocycles. The van der Waals surface area contributed by atoms with Crippen molar-refractivity contribution < 1.29 is 0 Å². The Morgan fingerprint density at radius 3 is 2.67 bits per heavy atom. The fraction of sp³-hybridized carbons (Fsp3) is 0.455. The summed E-state index contributed by atoms with van der Waals surface area (Å²) in [6, 6.07) is 5.78. The summed E-state index contributed by atoms with van der Waals surface area (Å²) in [5, 5.41) is 4.12. The van der Waals surface area contributed by atoms with Crippen molar-refractivity contribution in [2.45, 2.75) is 25.8 Å². The van der Waals surface area contributed by atoms with Gasteiger partial charge in [0.1, 0.15) is 0 Å². The van der Waals surface area contributed by atoms with Crippen LogP contribution >= 0.6 is 27.5 Å². The first-order valence-electron chi connectivity index (χ1n) is 4.94. The minimum Gasteiger partial charge on any atom is -0.379 e. The highest BCUT2D eigenvalue weighted by Gasteiger charge is 2.19. The first-order chi connectivity index (χ1) is 7.00. The van der Waals surface area contributed by atoms with Gasteiger partial charge in [0.15, 0.2) is 0 Å². The Bertz CT molecular complexity index is 337. The van der Waals surface area contributed by atoms with E-state index in [1.165, 1.54) is 0 Å². The molecule has 0 aliphatic carbocycles. The van der Waals surface area contributed by atoms with Gasteiger partial charge in [0.2, 0.25) is 0 Å². The second-order valence-electron chi connectivity index (χ2n) is 3.87. The molecule has 84 valence electrons. The molecular formula is C11H16BrClN2. The summed E-state index contributed by atoms with van der Waals surface area (Å²) in [7, 11) is 0. The Labute approximate surface area is 104 Å². The molecule has 0 aromatic heterocycles. The second kappa shape index (κ2) is 5.19. The van der Waals surface area contributed by atoms with Gasteiger partial charge < -0.3 is 11.1 Å². The van der Waals surface area contributed by atoms with E-state index in [9.17, 15) is 0 Å². The van der Waals surface area contributed by atoms with Crippen molar-refractivity contribution in [2.75, 3.05) is 11.9 Å². The van der Waals surface area contributed by atoms with Crippen LogP contribution in [0.2, 0.25) is 5.02 Å². The average molecular weight is 292 g/mol. The molecule has 4 heteroatoms. The Balaban J connectivity index is 2.85. The molecule has 0 aliphatic heterocycles. The first-order valence-corrected chi connectivity index (χ1v) is 6.11. The summed E-state index contributed by atoms with van der Waals surface area (Å²) in [6.07, 6.45) is 0.976. The zero-order valence-corrected chi connectivity index (χ0v) is 11.3. The van der Waals surface area contributed by atoms with Gasteiger partial charge >= 0.3 is 0 Å². The topological polar surface area (TPSA) is 38.0 Å². The van der Waals surface area contributed by atoms with E-state index in [1.807, 2.05) is 18.2 Å². The Morgan fingerprint density at radius 2 is 2.20 bits per heavy atom. The molecule has 0 fully saturated rings. The maximum Gasteiger partial charge on any atom is 0.0549 e. The van der Waals surface area contributed by atoms with Crippen molar-refractivity contribution in [2.24, 2.45) is 5.73 Å². The maximum atomic E-state index is 5.92. The molecule has 2 nitrogen and oxygen atoms in total. The van der Waals surface area contributed by atoms with Crippen molar-refractivity contribution in [3.8, 4) is 0 Å². The summed E-state index contributed by atoms with van der Waals surface area (Å²) in [5.74, 6) is 0. The van der Waals surface area contributed by atoms with Gasteiger partial charge in [-0.1, -0.05) is 18.5 Å². The van der Waals surface area contributed by atoms with Crippen LogP contribution in [0.5, 0.6) is 0 Å². The van der Waals surface area contributed by atoms with E-state index in [2.05, 4.69) is 35.1 Å². The van der Waals surface area contributed by atoms with Gasteiger partial charge in [-0.2, -0.15) is 0 Å². The highest BCUT2D eigenvalue weighted by atomic mass is 79.9.